The lowest BCUT2D eigenvalue weighted by atomic mass is 10.0. The van der Waals surface area contributed by atoms with Crippen molar-refractivity contribution >= 4 is 23.5 Å². The van der Waals surface area contributed by atoms with E-state index in [0.29, 0.717) is 24.3 Å². The van der Waals surface area contributed by atoms with Crippen LogP contribution in [0.4, 0.5) is 5.82 Å². The van der Waals surface area contributed by atoms with Gasteiger partial charge < -0.3 is 10.2 Å². The zero-order valence-electron chi connectivity index (χ0n) is 11.0. The Balaban J connectivity index is 1.86. The average molecular weight is 274 g/mol. The zero-order chi connectivity index (χ0) is 14.3. The van der Waals surface area contributed by atoms with E-state index in [2.05, 4.69) is 15.6 Å². The van der Waals surface area contributed by atoms with E-state index in [1.807, 2.05) is 0 Å². The number of amides is 3. The molecule has 0 radical (unpaired) electrons. The first-order valence-electron chi connectivity index (χ1n) is 6.41. The molecule has 2 aliphatic heterocycles. The number of pyridine rings is 1. The van der Waals surface area contributed by atoms with Crippen molar-refractivity contribution in [2.75, 3.05) is 12.4 Å². The molecule has 0 saturated carbocycles. The highest BCUT2D eigenvalue weighted by Crippen LogP contribution is 2.28. The largest absolute Gasteiger partial charge is 0.373 e. The van der Waals surface area contributed by atoms with E-state index in [1.165, 1.54) is 11.1 Å². The third kappa shape index (κ3) is 1.91. The van der Waals surface area contributed by atoms with Crippen LogP contribution in [0.3, 0.4) is 0 Å². The normalized spacial score (nSPS) is 21.8. The molecule has 1 saturated heterocycles. The highest BCUT2D eigenvalue weighted by Gasteiger charge is 2.39. The van der Waals surface area contributed by atoms with Crippen molar-refractivity contribution in [1.29, 1.82) is 0 Å². The number of rotatable bonds is 2. The summed E-state index contributed by atoms with van der Waals surface area (Å²) in [7, 11) is 1.75. The Bertz CT molecular complexity index is 614. The van der Waals surface area contributed by atoms with Crippen LogP contribution in [-0.2, 0) is 16.1 Å². The molecule has 0 bridgehead atoms. The molecule has 1 unspecified atom stereocenters. The van der Waals surface area contributed by atoms with Gasteiger partial charge in [-0.15, -0.1) is 0 Å². The maximum absolute atomic E-state index is 12.3. The van der Waals surface area contributed by atoms with Gasteiger partial charge in [0.25, 0.3) is 5.91 Å². The molecule has 7 heteroatoms. The van der Waals surface area contributed by atoms with Crippen molar-refractivity contribution in [3.05, 3.63) is 23.4 Å². The Hall–Kier alpha value is -2.44. The molecule has 1 fully saturated rings. The van der Waals surface area contributed by atoms with Gasteiger partial charge in [-0.25, -0.2) is 4.98 Å². The molecule has 3 rings (SSSR count). The topological polar surface area (TPSA) is 91.4 Å². The Morgan fingerprint density at radius 1 is 1.40 bits per heavy atom. The summed E-state index contributed by atoms with van der Waals surface area (Å²) in [4.78, 5) is 41.0. The standard InChI is InChI=1S/C13H14N4O3/c1-14-10-4-7-6-17(13(20)8(7)5-15-10)9-2-3-11(18)16-12(9)19/h4-5,9H,2-3,6H2,1H3,(H,14,15)(H,16,18,19). The average Bonchev–Trinajstić information content (AvgIpc) is 2.75. The molecule has 104 valence electrons. The van der Waals surface area contributed by atoms with Gasteiger partial charge in [0.1, 0.15) is 11.9 Å². The van der Waals surface area contributed by atoms with Crippen LogP contribution in [0.25, 0.3) is 0 Å². The quantitative estimate of drug-likeness (QED) is 0.734. The van der Waals surface area contributed by atoms with Crippen molar-refractivity contribution in [1.82, 2.24) is 15.2 Å². The first-order valence-corrected chi connectivity index (χ1v) is 6.41. The number of anilines is 1. The third-order valence-corrected chi connectivity index (χ3v) is 3.66. The second-order valence-corrected chi connectivity index (χ2v) is 4.88. The van der Waals surface area contributed by atoms with Crippen LogP contribution < -0.4 is 10.6 Å². The molecule has 0 spiro atoms. The van der Waals surface area contributed by atoms with Crippen LogP contribution in [0.5, 0.6) is 0 Å². The second-order valence-electron chi connectivity index (χ2n) is 4.88. The number of carbonyl (C=O) groups excluding carboxylic acids is 3. The van der Waals surface area contributed by atoms with Gasteiger partial charge in [-0.2, -0.15) is 0 Å². The Kier molecular flexibility index (Phi) is 2.89. The Morgan fingerprint density at radius 2 is 2.20 bits per heavy atom. The predicted octanol–water partition coefficient (Wildman–Crippen LogP) is -0.116. The lowest BCUT2D eigenvalue weighted by Gasteiger charge is -2.29. The summed E-state index contributed by atoms with van der Waals surface area (Å²) in [6.45, 7) is 0.373. The summed E-state index contributed by atoms with van der Waals surface area (Å²) < 4.78 is 0. The number of nitrogens with one attached hydrogen (secondary N) is 2. The third-order valence-electron chi connectivity index (χ3n) is 3.66. The summed E-state index contributed by atoms with van der Waals surface area (Å²) in [5.74, 6) is -0.204. The smallest absolute Gasteiger partial charge is 0.256 e. The highest BCUT2D eigenvalue weighted by molar-refractivity contribution is 6.05. The number of fused-ring (bicyclic) bond motifs is 1. The molecule has 7 nitrogen and oxygen atoms in total. The fraction of sp³-hybridized carbons (Fsp3) is 0.385. The fourth-order valence-corrected chi connectivity index (χ4v) is 2.60. The predicted molar refractivity (Wildman–Crippen MR) is 69.8 cm³/mol. The van der Waals surface area contributed by atoms with E-state index in [0.717, 1.165) is 5.56 Å². The van der Waals surface area contributed by atoms with Crippen LogP contribution in [-0.4, -0.2) is 40.7 Å². The number of imide groups is 1. The highest BCUT2D eigenvalue weighted by atomic mass is 16.2. The fourth-order valence-electron chi connectivity index (χ4n) is 2.60. The minimum atomic E-state index is -0.578. The van der Waals surface area contributed by atoms with E-state index in [4.69, 9.17) is 0 Å². The molecule has 1 aromatic rings. The lowest BCUT2D eigenvalue weighted by Crippen LogP contribution is -2.52. The summed E-state index contributed by atoms with van der Waals surface area (Å²) in [6.07, 6.45) is 2.16. The maximum atomic E-state index is 12.3. The number of aromatic nitrogens is 1. The Labute approximate surface area is 115 Å². The van der Waals surface area contributed by atoms with Crippen molar-refractivity contribution in [3.8, 4) is 0 Å². The number of hydrogen-bond acceptors (Lipinski definition) is 5. The van der Waals surface area contributed by atoms with Gasteiger partial charge in [-0.05, 0) is 18.1 Å². The number of carbonyl (C=O) groups is 3. The van der Waals surface area contributed by atoms with Crippen LogP contribution >= 0.6 is 0 Å². The zero-order valence-corrected chi connectivity index (χ0v) is 11.0. The van der Waals surface area contributed by atoms with E-state index < -0.39 is 11.9 Å². The van der Waals surface area contributed by atoms with Gasteiger partial charge in [0, 0.05) is 26.2 Å². The van der Waals surface area contributed by atoms with Crippen molar-refractivity contribution in [3.63, 3.8) is 0 Å². The molecule has 1 atom stereocenters. The molecule has 20 heavy (non-hydrogen) atoms. The molecule has 2 N–H and O–H groups in total. The first kappa shape index (κ1) is 12.6. The lowest BCUT2D eigenvalue weighted by molar-refractivity contribution is -0.136. The van der Waals surface area contributed by atoms with Crippen LogP contribution in [0.2, 0.25) is 0 Å². The van der Waals surface area contributed by atoms with E-state index >= 15 is 0 Å². The molecule has 2 aliphatic rings. The monoisotopic (exact) mass is 274 g/mol. The summed E-state index contributed by atoms with van der Waals surface area (Å²) in [5.41, 5.74) is 1.37. The summed E-state index contributed by atoms with van der Waals surface area (Å²) in [6, 6.07) is 1.23. The minimum absolute atomic E-state index is 0.204. The van der Waals surface area contributed by atoms with Crippen LogP contribution in [0, 0.1) is 0 Å². The number of nitrogens with zero attached hydrogens (tertiary/aromatic N) is 2. The van der Waals surface area contributed by atoms with Gasteiger partial charge in [-0.1, -0.05) is 0 Å². The van der Waals surface area contributed by atoms with E-state index in [1.54, 1.807) is 13.1 Å². The van der Waals surface area contributed by atoms with Gasteiger partial charge >= 0.3 is 0 Å². The molecular formula is C13H14N4O3. The van der Waals surface area contributed by atoms with Gasteiger partial charge in [-0.3, -0.25) is 19.7 Å². The van der Waals surface area contributed by atoms with Crippen molar-refractivity contribution < 1.29 is 14.4 Å². The van der Waals surface area contributed by atoms with Crippen molar-refractivity contribution in [2.45, 2.75) is 25.4 Å². The maximum Gasteiger partial charge on any atom is 0.256 e. The second kappa shape index (κ2) is 4.59. The van der Waals surface area contributed by atoms with Gasteiger partial charge in [0.15, 0.2) is 0 Å². The summed E-state index contributed by atoms with van der Waals surface area (Å²) >= 11 is 0. The molecular weight excluding hydrogens is 260 g/mol. The van der Waals surface area contributed by atoms with Gasteiger partial charge in [0.2, 0.25) is 11.8 Å². The van der Waals surface area contributed by atoms with E-state index in [-0.39, 0.29) is 18.2 Å². The Morgan fingerprint density at radius 3 is 2.90 bits per heavy atom. The summed E-state index contributed by atoms with van der Waals surface area (Å²) in [5, 5.41) is 5.19. The first-order chi connectivity index (χ1) is 9.60. The molecule has 0 aromatic carbocycles. The minimum Gasteiger partial charge on any atom is -0.373 e. The molecule has 0 aliphatic carbocycles. The van der Waals surface area contributed by atoms with Gasteiger partial charge in [0.05, 0.1) is 5.56 Å². The SMILES string of the molecule is CNc1cc2c(cn1)C(=O)N(C1CCC(=O)NC1=O)C2. The van der Waals surface area contributed by atoms with E-state index in [9.17, 15) is 14.4 Å². The molecule has 3 amide bonds. The van der Waals surface area contributed by atoms with Crippen LogP contribution in [0.15, 0.2) is 12.3 Å². The van der Waals surface area contributed by atoms with Crippen molar-refractivity contribution in [2.24, 2.45) is 0 Å². The molecule has 1 aromatic heterocycles. The molecule has 3 heterocycles. The van der Waals surface area contributed by atoms with Crippen LogP contribution in [0.1, 0.15) is 28.8 Å². The number of hydrogen-bond donors (Lipinski definition) is 2. The number of piperidine rings is 1.